The molecule has 2 heterocycles. The van der Waals surface area contributed by atoms with E-state index in [0.717, 1.165) is 5.52 Å². The van der Waals surface area contributed by atoms with Gasteiger partial charge >= 0.3 is 0 Å². The van der Waals surface area contributed by atoms with Gasteiger partial charge in [-0.3, -0.25) is 4.79 Å². The highest BCUT2D eigenvalue weighted by Gasteiger charge is 2.27. The van der Waals surface area contributed by atoms with Gasteiger partial charge in [-0.1, -0.05) is 6.07 Å². The van der Waals surface area contributed by atoms with Gasteiger partial charge in [0.15, 0.2) is 0 Å². The zero-order chi connectivity index (χ0) is 10.4. The van der Waals surface area contributed by atoms with E-state index in [-0.39, 0.29) is 0 Å². The van der Waals surface area contributed by atoms with E-state index in [2.05, 4.69) is 11.2 Å². The predicted molar refractivity (Wildman–Crippen MR) is 55.7 cm³/mol. The monoisotopic (exact) mass is 201 g/mol. The molecule has 15 heavy (non-hydrogen) atoms. The van der Waals surface area contributed by atoms with Crippen LogP contribution in [0.2, 0.25) is 0 Å². The first kappa shape index (κ1) is 8.47. The van der Waals surface area contributed by atoms with Crippen LogP contribution in [0.1, 0.15) is 34.7 Å². The van der Waals surface area contributed by atoms with Gasteiger partial charge in [0.1, 0.15) is 0 Å². The molecular formula is C11H11N3O. The molecule has 0 unspecified atom stereocenters. The Morgan fingerprint density at radius 3 is 3.00 bits per heavy atom. The van der Waals surface area contributed by atoms with E-state index in [1.807, 2.05) is 12.3 Å². The van der Waals surface area contributed by atoms with Crippen LogP contribution >= 0.6 is 0 Å². The van der Waals surface area contributed by atoms with Crippen LogP contribution < -0.4 is 5.73 Å². The maximum atomic E-state index is 11.2. The average molecular weight is 201 g/mol. The van der Waals surface area contributed by atoms with Crippen molar-refractivity contribution in [2.24, 2.45) is 5.73 Å². The standard InChI is InChI=1S/C11H11N3O/c12-11(15)9-6-13-14-5-1-2-8(10(9)14)7-3-4-7/h1-2,5-7H,3-4H2,(H2,12,15). The molecule has 1 aliphatic rings. The number of aromatic nitrogens is 2. The van der Waals surface area contributed by atoms with Crippen molar-refractivity contribution < 1.29 is 4.79 Å². The minimum Gasteiger partial charge on any atom is -0.365 e. The Kier molecular flexibility index (Phi) is 1.59. The van der Waals surface area contributed by atoms with Gasteiger partial charge in [0, 0.05) is 6.20 Å². The highest BCUT2D eigenvalue weighted by atomic mass is 16.1. The van der Waals surface area contributed by atoms with Crippen LogP contribution in [-0.4, -0.2) is 15.5 Å². The molecule has 0 saturated heterocycles. The van der Waals surface area contributed by atoms with E-state index in [1.54, 1.807) is 10.7 Å². The van der Waals surface area contributed by atoms with Gasteiger partial charge in [0.2, 0.25) is 0 Å². The first-order valence-corrected chi connectivity index (χ1v) is 5.03. The number of hydrogen-bond donors (Lipinski definition) is 1. The van der Waals surface area contributed by atoms with E-state index in [4.69, 9.17) is 5.73 Å². The molecule has 1 aliphatic carbocycles. The Morgan fingerprint density at radius 2 is 2.33 bits per heavy atom. The third kappa shape index (κ3) is 1.21. The van der Waals surface area contributed by atoms with Crippen molar-refractivity contribution in [2.45, 2.75) is 18.8 Å². The summed E-state index contributed by atoms with van der Waals surface area (Å²) in [7, 11) is 0. The van der Waals surface area contributed by atoms with Gasteiger partial charge in [0.05, 0.1) is 17.3 Å². The average Bonchev–Trinajstić information content (AvgIpc) is 2.96. The van der Waals surface area contributed by atoms with Crippen molar-refractivity contribution in [3.8, 4) is 0 Å². The van der Waals surface area contributed by atoms with Crippen LogP contribution in [0.15, 0.2) is 24.5 Å². The van der Waals surface area contributed by atoms with Gasteiger partial charge < -0.3 is 5.73 Å². The molecule has 0 aromatic carbocycles. The van der Waals surface area contributed by atoms with Gasteiger partial charge in [-0.2, -0.15) is 5.10 Å². The van der Waals surface area contributed by atoms with Gasteiger partial charge in [-0.15, -0.1) is 0 Å². The number of fused-ring (bicyclic) bond motifs is 1. The van der Waals surface area contributed by atoms with Gasteiger partial charge in [-0.25, -0.2) is 4.52 Å². The van der Waals surface area contributed by atoms with Crippen LogP contribution in [0.4, 0.5) is 0 Å². The van der Waals surface area contributed by atoms with Crippen LogP contribution in [-0.2, 0) is 0 Å². The second kappa shape index (κ2) is 2.82. The van der Waals surface area contributed by atoms with Gasteiger partial charge in [-0.05, 0) is 30.4 Å². The second-order valence-electron chi connectivity index (χ2n) is 3.95. The Balaban J connectivity index is 2.33. The molecule has 1 amide bonds. The van der Waals surface area contributed by atoms with Crippen LogP contribution in [0, 0.1) is 0 Å². The summed E-state index contributed by atoms with van der Waals surface area (Å²) in [6, 6.07) is 4.01. The molecule has 0 aliphatic heterocycles. The van der Waals surface area contributed by atoms with Crippen molar-refractivity contribution in [3.63, 3.8) is 0 Å². The van der Waals surface area contributed by atoms with E-state index in [0.29, 0.717) is 11.5 Å². The van der Waals surface area contributed by atoms with Crippen molar-refractivity contribution >= 4 is 11.4 Å². The number of hydrogen-bond acceptors (Lipinski definition) is 2. The molecule has 4 nitrogen and oxygen atoms in total. The number of amides is 1. The highest BCUT2D eigenvalue weighted by molar-refractivity contribution is 6.00. The zero-order valence-electron chi connectivity index (χ0n) is 8.18. The zero-order valence-corrected chi connectivity index (χ0v) is 8.18. The summed E-state index contributed by atoms with van der Waals surface area (Å²) in [5.74, 6) is 0.182. The van der Waals surface area contributed by atoms with Crippen LogP contribution in [0.3, 0.4) is 0 Å². The number of primary amides is 1. The number of nitrogens with zero attached hydrogens (tertiary/aromatic N) is 2. The lowest BCUT2D eigenvalue weighted by atomic mass is 10.1. The minimum absolute atomic E-state index is 0.405. The molecule has 4 heteroatoms. The lowest BCUT2D eigenvalue weighted by molar-refractivity contribution is 0.100. The predicted octanol–water partition coefficient (Wildman–Crippen LogP) is 1.31. The van der Waals surface area contributed by atoms with E-state index >= 15 is 0 Å². The lowest BCUT2D eigenvalue weighted by Crippen LogP contribution is -2.11. The van der Waals surface area contributed by atoms with Crippen molar-refractivity contribution in [1.29, 1.82) is 0 Å². The highest BCUT2D eigenvalue weighted by Crippen LogP contribution is 2.42. The summed E-state index contributed by atoms with van der Waals surface area (Å²) in [5.41, 5.74) is 7.93. The number of rotatable bonds is 2. The molecule has 2 aromatic heterocycles. The largest absolute Gasteiger partial charge is 0.365 e. The number of carbonyl (C=O) groups excluding carboxylic acids is 1. The number of carbonyl (C=O) groups is 1. The third-order valence-corrected chi connectivity index (χ3v) is 2.85. The molecule has 0 atom stereocenters. The molecule has 2 aromatic rings. The molecule has 1 fully saturated rings. The second-order valence-corrected chi connectivity index (χ2v) is 3.95. The molecule has 76 valence electrons. The van der Waals surface area contributed by atoms with E-state index in [9.17, 15) is 4.79 Å². The normalized spacial score (nSPS) is 15.7. The van der Waals surface area contributed by atoms with E-state index < -0.39 is 5.91 Å². The molecular weight excluding hydrogens is 190 g/mol. The molecule has 2 N–H and O–H groups in total. The molecule has 3 rings (SSSR count). The topological polar surface area (TPSA) is 60.4 Å². The smallest absolute Gasteiger partial charge is 0.252 e. The fourth-order valence-corrected chi connectivity index (χ4v) is 1.97. The number of pyridine rings is 1. The van der Waals surface area contributed by atoms with Gasteiger partial charge in [0.25, 0.3) is 5.91 Å². The summed E-state index contributed by atoms with van der Waals surface area (Å²) in [5, 5.41) is 4.13. The fraction of sp³-hybridized carbons (Fsp3) is 0.273. The molecule has 0 radical (unpaired) electrons. The first-order valence-electron chi connectivity index (χ1n) is 5.03. The summed E-state index contributed by atoms with van der Waals surface area (Å²) < 4.78 is 1.73. The Labute approximate surface area is 86.7 Å². The minimum atomic E-state index is -0.405. The molecule has 0 bridgehead atoms. The maximum Gasteiger partial charge on any atom is 0.252 e. The fourth-order valence-electron chi connectivity index (χ4n) is 1.97. The molecule has 1 saturated carbocycles. The third-order valence-electron chi connectivity index (χ3n) is 2.85. The SMILES string of the molecule is NC(=O)c1cnn2cccc(C3CC3)c12. The maximum absolute atomic E-state index is 11.2. The lowest BCUT2D eigenvalue weighted by Gasteiger charge is -2.02. The van der Waals surface area contributed by atoms with Crippen LogP contribution in [0.5, 0.6) is 0 Å². The first-order chi connectivity index (χ1) is 7.27. The number of nitrogens with two attached hydrogens (primary N) is 1. The quantitative estimate of drug-likeness (QED) is 0.796. The molecule has 0 spiro atoms. The summed E-state index contributed by atoms with van der Waals surface area (Å²) in [6.07, 6.45) is 5.78. The summed E-state index contributed by atoms with van der Waals surface area (Å²) >= 11 is 0. The van der Waals surface area contributed by atoms with E-state index in [1.165, 1.54) is 18.4 Å². The summed E-state index contributed by atoms with van der Waals surface area (Å²) in [6.45, 7) is 0. The summed E-state index contributed by atoms with van der Waals surface area (Å²) in [4.78, 5) is 11.2. The Morgan fingerprint density at radius 1 is 1.53 bits per heavy atom. The Hall–Kier alpha value is -1.84. The van der Waals surface area contributed by atoms with Crippen molar-refractivity contribution in [2.75, 3.05) is 0 Å². The van der Waals surface area contributed by atoms with Crippen molar-refractivity contribution in [3.05, 3.63) is 35.7 Å². The Bertz CT molecular complexity index is 540. The van der Waals surface area contributed by atoms with Crippen molar-refractivity contribution in [1.82, 2.24) is 9.61 Å². The van der Waals surface area contributed by atoms with Crippen LogP contribution in [0.25, 0.3) is 5.52 Å².